The second-order valence-electron chi connectivity index (χ2n) is 10.9. The molecule has 1 fully saturated rings. The Hall–Kier alpha value is -3.72. The van der Waals surface area contributed by atoms with E-state index in [4.69, 9.17) is 4.74 Å². The molecule has 2 aromatic carbocycles. The van der Waals surface area contributed by atoms with Crippen molar-refractivity contribution < 1.29 is 23.9 Å². The Kier molecular flexibility index (Phi) is 8.70. The maximum absolute atomic E-state index is 13.2. The van der Waals surface area contributed by atoms with E-state index < -0.39 is 42.0 Å². The van der Waals surface area contributed by atoms with Crippen molar-refractivity contribution in [2.45, 2.75) is 71.7 Å². The first-order valence-corrected chi connectivity index (χ1v) is 13.6. The first-order valence-electron chi connectivity index (χ1n) is 13.6. The molecular weight excluding hydrogens is 496 g/mol. The Bertz CT molecular complexity index is 1290. The first kappa shape index (κ1) is 28.3. The number of cyclic esters (lactones) is 1. The number of fused-ring (bicyclic) bond motifs is 4. The third kappa shape index (κ3) is 6.65. The molecule has 2 aromatic rings. The molecule has 0 saturated carbocycles. The maximum Gasteiger partial charge on any atom is 0.325 e. The van der Waals surface area contributed by atoms with Crippen molar-refractivity contribution in [3.8, 4) is 0 Å². The summed E-state index contributed by atoms with van der Waals surface area (Å²) in [5, 5.41) is 8.99. The predicted molar refractivity (Wildman–Crippen MR) is 149 cm³/mol. The SMILES string of the molecule is CC(C)C1NC(=O)[C@@H](C)/C=C/c2ccc3ccc(cc3c2)[C@@H](C)OC(=O)[C@@H]2CCCN(N2)C(=O)[C@H](C)NC1=O. The number of hydrazine groups is 1. The normalized spacial score (nSPS) is 28.2. The number of amides is 3. The number of esters is 1. The monoisotopic (exact) mass is 534 g/mol. The van der Waals surface area contributed by atoms with E-state index in [0.29, 0.717) is 19.4 Å². The van der Waals surface area contributed by atoms with Gasteiger partial charge in [-0.15, -0.1) is 0 Å². The lowest BCUT2D eigenvalue weighted by Gasteiger charge is -2.35. The average molecular weight is 535 g/mol. The summed E-state index contributed by atoms with van der Waals surface area (Å²) in [6, 6.07) is 9.59. The number of ether oxygens (including phenoxy) is 1. The van der Waals surface area contributed by atoms with Crippen molar-refractivity contribution in [2.24, 2.45) is 11.8 Å². The molecule has 5 bridgehead atoms. The number of nitrogens with zero attached hydrogens (tertiary/aromatic N) is 1. The van der Waals surface area contributed by atoms with Crippen molar-refractivity contribution in [3.05, 3.63) is 53.6 Å². The number of carbonyl (C=O) groups excluding carboxylic acids is 4. The summed E-state index contributed by atoms with van der Waals surface area (Å²) in [6.45, 7) is 9.27. The highest BCUT2D eigenvalue weighted by molar-refractivity contribution is 5.93. The molecule has 3 N–H and O–H groups in total. The van der Waals surface area contributed by atoms with Crippen LogP contribution in [-0.4, -0.2) is 53.4 Å². The van der Waals surface area contributed by atoms with Gasteiger partial charge in [-0.05, 0) is 66.6 Å². The van der Waals surface area contributed by atoms with Gasteiger partial charge in [0, 0.05) is 6.54 Å². The lowest BCUT2D eigenvalue weighted by Crippen LogP contribution is -2.61. The predicted octanol–water partition coefficient (Wildman–Crippen LogP) is 3.25. The molecule has 9 nitrogen and oxygen atoms in total. The number of nitrogens with one attached hydrogen (secondary N) is 3. The fourth-order valence-corrected chi connectivity index (χ4v) is 4.84. The summed E-state index contributed by atoms with van der Waals surface area (Å²) in [4.78, 5) is 52.3. The van der Waals surface area contributed by atoms with Gasteiger partial charge in [0.15, 0.2) is 0 Å². The highest BCUT2D eigenvalue weighted by Crippen LogP contribution is 2.25. The van der Waals surface area contributed by atoms with E-state index >= 15 is 0 Å². The smallest absolute Gasteiger partial charge is 0.325 e. The summed E-state index contributed by atoms with van der Waals surface area (Å²) >= 11 is 0. The van der Waals surface area contributed by atoms with Gasteiger partial charge in [0.2, 0.25) is 11.8 Å². The quantitative estimate of drug-likeness (QED) is 0.484. The molecule has 2 aliphatic heterocycles. The summed E-state index contributed by atoms with van der Waals surface area (Å²) < 4.78 is 5.80. The van der Waals surface area contributed by atoms with Crippen LogP contribution in [0.15, 0.2) is 42.5 Å². The van der Waals surface area contributed by atoms with Crippen LogP contribution >= 0.6 is 0 Å². The Balaban J connectivity index is 1.67. The van der Waals surface area contributed by atoms with Gasteiger partial charge in [-0.2, -0.15) is 0 Å². The fraction of sp³-hybridized carbons (Fsp3) is 0.467. The number of carbonyl (C=O) groups is 4. The Morgan fingerprint density at radius 1 is 0.923 bits per heavy atom. The highest BCUT2D eigenvalue weighted by Gasteiger charge is 2.34. The molecule has 0 aliphatic carbocycles. The molecule has 5 atom stereocenters. The Labute approximate surface area is 229 Å². The van der Waals surface area contributed by atoms with Gasteiger partial charge in [0.25, 0.3) is 5.91 Å². The third-order valence-electron chi connectivity index (χ3n) is 7.35. The minimum atomic E-state index is -0.860. The molecule has 2 aliphatic rings. The van der Waals surface area contributed by atoms with Crippen LogP contribution in [0, 0.1) is 11.8 Å². The molecule has 1 saturated heterocycles. The number of rotatable bonds is 1. The summed E-state index contributed by atoms with van der Waals surface area (Å²) in [7, 11) is 0. The fourth-order valence-electron chi connectivity index (χ4n) is 4.84. The van der Waals surface area contributed by atoms with Crippen LogP contribution in [0.4, 0.5) is 0 Å². The lowest BCUT2D eigenvalue weighted by atomic mass is 10.00. The van der Waals surface area contributed by atoms with E-state index in [1.54, 1.807) is 19.9 Å². The summed E-state index contributed by atoms with van der Waals surface area (Å²) in [6.07, 6.45) is 4.34. The van der Waals surface area contributed by atoms with Crippen LogP contribution in [0.25, 0.3) is 16.8 Å². The molecule has 2 heterocycles. The molecule has 4 rings (SSSR count). The van der Waals surface area contributed by atoms with E-state index in [1.807, 2.05) is 63.2 Å². The van der Waals surface area contributed by atoms with Gasteiger partial charge in [-0.25, -0.2) is 5.43 Å². The number of benzene rings is 2. The minimum Gasteiger partial charge on any atom is -0.457 e. The molecule has 208 valence electrons. The van der Waals surface area contributed by atoms with E-state index in [1.165, 1.54) is 5.01 Å². The number of hydrogen-bond acceptors (Lipinski definition) is 6. The van der Waals surface area contributed by atoms with Crippen molar-refractivity contribution in [2.75, 3.05) is 6.54 Å². The van der Waals surface area contributed by atoms with Crippen LogP contribution in [0.1, 0.15) is 64.7 Å². The van der Waals surface area contributed by atoms with Crippen molar-refractivity contribution in [1.82, 2.24) is 21.1 Å². The molecule has 0 aromatic heterocycles. The van der Waals surface area contributed by atoms with Crippen molar-refractivity contribution in [3.63, 3.8) is 0 Å². The van der Waals surface area contributed by atoms with Crippen molar-refractivity contribution in [1.29, 1.82) is 0 Å². The zero-order valence-corrected chi connectivity index (χ0v) is 23.2. The molecule has 3 amide bonds. The van der Waals surface area contributed by atoms with Gasteiger partial charge in [0.1, 0.15) is 24.2 Å². The van der Waals surface area contributed by atoms with E-state index in [-0.39, 0.29) is 17.7 Å². The number of hydrogen-bond donors (Lipinski definition) is 3. The molecule has 9 heteroatoms. The van der Waals surface area contributed by atoms with Crippen LogP contribution in [0.3, 0.4) is 0 Å². The third-order valence-corrected chi connectivity index (χ3v) is 7.35. The molecule has 0 spiro atoms. The van der Waals surface area contributed by atoms with Crippen LogP contribution in [0.5, 0.6) is 0 Å². The second kappa shape index (κ2) is 12.0. The standard InChI is InChI=1S/C30H38N4O5/c1-17(2)26-28(36)31-19(4)29(37)34-14-6-7-25(33-34)30(38)39-20(5)23-13-12-22-11-10-21(15-24(22)16-23)9-8-18(3)27(35)32-26/h8-13,15-20,25-26,33H,6-7,14H2,1-5H3,(H,31,36)(H,32,35)/b9-8+/t18-,19-,20+,25-,26?/m0/s1. The molecular formula is C30H38N4O5. The topological polar surface area (TPSA) is 117 Å². The van der Waals surface area contributed by atoms with Gasteiger partial charge < -0.3 is 15.4 Å². The Morgan fingerprint density at radius 3 is 2.41 bits per heavy atom. The zero-order valence-electron chi connectivity index (χ0n) is 23.2. The summed E-state index contributed by atoms with van der Waals surface area (Å²) in [5.41, 5.74) is 4.77. The maximum atomic E-state index is 13.2. The van der Waals surface area contributed by atoms with Gasteiger partial charge in [-0.1, -0.05) is 57.2 Å². The van der Waals surface area contributed by atoms with Gasteiger partial charge in [0.05, 0.1) is 5.92 Å². The van der Waals surface area contributed by atoms with E-state index in [0.717, 1.165) is 21.9 Å². The zero-order chi connectivity index (χ0) is 28.3. The first-order chi connectivity index (χ1) is 18.5. The minimum absolute atomic E-state index is 0.196. The van der Waals surface area contributed by atoms with Gasteiger partial charge >= 0.3 is 5.97 Å². The van der Waals surface area contributed by atoms with E-state index in [2.05, 4.69) is 16.1 Å². The largest absolute Gasteiger partial charge is 0.457 e. The summed E-state index contributed by atoms with van der Waals surface area (Å²) in [5.74, 6) is -2.20. The van der Waals surface area contributed by atoms with Crippen LogP contribution in [-0.2, 0) is 23.9 Å². The van der Waals surface area contributed by atoms with Crippen LogP contribution in [0.2, 0.25) is 0 Å². The molecule has 0 radical (unpaired) electrons. The van der Waals surface area contributed by atoms with Gasteiger partial charge in [-0.3, -0.25) is 24.2 Å². The second-order valence-corrected chi connectivity index (χ2v) is 10.9. The van der Waals surface area contributed by atoms with Crippen LogP contribution < -0.4 is 16.1 Å². The lowest BCUT2D eigenvalue weighted by molar-refractivity contribution is -0.157. The van der Waals surface area contributed by atoms with E-state index in [9.17, 15) is 19.2 Å². The highest BCUT2D eigenvalue weighted by atomic mass is 16.5. The van der Waals surface area contributed by atoms with Crippen molar-refractivity contribution >= 4 is 40.5 Å². The molecule has 39 heavy (non-hydrogen) atoms. The molecule has 1 unspecified atom stereocenters. The average Bonchev–Trinajstić information content (AvgIpc) is 2.92. The Morgan fingerprint density at radius 2 is 1.67 bits per heavy atom.